The van der Waals surface area contributed by atoms with E-state index in [-0.39, 0.29) is 5.91 Å². The predicted octanol–water partition coefficient (Wildman–Crippen LogP) is 1.12. The van der Waals surface area contributed by atoms with Gasteiger partial charge in [0.15, 0.2) is 0 Å². The van der Waals surface area contributed by atoms with Crippen molar-refractivity contribution < 1.29 is 4.79 Å². The molecule has 1 aliphatic rings. The summed E-state index contributed by atoms with van der Waals surface area (Å²) < 4.78 is 0. The fourth-order valence-electron chi connectivity index (χ4n) is 2.29. The average Bonchev–Trinajstić information content (AvgIpc) is 2.73. The van der Waals surface area contributed by atoms with Crippen LogP contribution in [-0.4, -0.2) is 23.2 Å². The highest BCUT2D eigenvalue weighted by molar-refractivity contribution is 6.01. The van der Waals surface area contributed by atoms with Gasteiger partial charge in [-0.05, 0) is 29.3 Å². The summed E-state index contributed by atoms with van der Waals surface area (Å²) in [7, 11) is 1.79. The quantitative estimate of drug-likeness (QED) is 0.871. The summed E-state index contributed by atoms with van der Waals surface area (Å²) in [6.45, 7) is 0.439. The SMILES string of the molecule is CN1C(=O)Cc2cc(-c3cc(CN)cnn3)ccc21. The fourth-order valence-corrected chi connectivity index (χ4v) is 2.29. The summed E-state index contributed by atoms with van der Waals surface area (Å²) in [6, 6.07) is 7.83. The molecule has 0 unspecified atom stereocenters. The Morgan fingerprint density at radius 3 is 3.00 bits per heavy atom. The lowest BCUT2D eigenvalue weighted by Crippen LogP contribution is -2.20. The van der Waals surface area contributed by atoms with Crippen molar-refractivity contribution in [3.8, 4) is 11.3 Å². The van der Waals surface area contributed by atoms with Gasteiger partial charge in [-0.25, -0.2) is 0 Å². The van der Waals surface area contributed by atoms with E-state index in [0.717, 1.165) is 28.1 Å². The molecule has 1 amide bonds. The molecule has 2 heterocycles. The molecule has 96 valence electrons. The van der Waals surface area contributed by atoms with Crippen LogP contribution in [-0.2, 0) is 17.8 Å². The zero-order valence-corrected chi connectivity index (χ0v) is 10.6. The molecule has 0 saturated carbocycles. The van der Waals surface area contributed by atoms with Crippen molar-refractivity contribution in [3.63, 3.8) is 0 Å². The number of hydrogen-bond donors (Lipinski definition) is 1. The highest BCUT2D eigenvalue weighted by Gasteiger charge is 2.24. The minimum Gasteiger partial charge on any atom is -0.326 e. The zero-order valence-electron chi connectivity index (χ0n) is 10.6. The molecule has 0 saturated heterocycles. The van der Waals surface area contributed by atoms with Crippen molar-refractivity contribution in [1.29, 1.82) is 0 Å². The van der Waals surface area contributed by atoms with Crippen LogP contribution in [0.4, 0.5) is 5.69 Å². The van der Waals surface area contributed by atoms with Crippen molar-refractivity contribution in [2.75, 3.05) is 11.9 Å². The van der Waals surface area contributed by atoms with Gasteiger partial charge in [-0.2, -0.15) is 10.2 Å². The number of anilines is 1. The summed E-state index contributed by atoms with van der Waals surface area (Å²) in [4.78, 5) is 13.3. The number of amides is 1. The largest absolute Gasteiger partial charge is 0.326 e. The van der Waals surface area contributed by atoms with Gasteiger partial charge in [-0.1, -0.05) is 6.07 Å². The predicted molar refractivity (Wildman–Crippen MR) is 72.5 cm³/mol. The minimum absolute atomic E-state index is 0.119. The molecular weight excluding hydrogens is 240 g/mol. The molecule has 0 atom stereocenters. The molecule has 1 aliphatic heterocycles. The number of carbonyl (C=O) groups is 1. The maximum absolute atomic E-state index is 11.7. The Hall–Kier alpha value is -2.27. The molecular formula is C14H14N4O. The Morgan fingerprint density at radius 1 is 1.37 bits per heavy atom. The monoisotopic (exact) mass is 254 g/mol. The lowest BCUT2D eigenvalue weighted by atomic mass is 10.0. The molecule has 5 heteroatoms. The summed E-state index contributed by atoms with van der Waals surface area (Å²) in [6.07, 6.45) is 2.11. The number of nitrogens with zero attached hydrogens (tertiary/aromatic N) is 3. The lowest BCUT2D eigenvalue weighted by molar-refractivity contribution is -0.117. The fraction of sp³-hybridized carbons (Fsp3) is 0.214. The van der Waals surface area contributed by atoms with Crippen LogP contribution in [0.5, 0.6) is 0 Å². The van der Waals surface area contributed by atoms with Gasteiger partial charge in [0.2, 0.25) is 5.91 Å². The van der Waals surface area contributed by atoms with E-state index in [2.05, 4.69) is 10.2 Å². The standard InChI is InChI=1S/C14H14N4O/c1-18-13-3-2-10(5-11(13)6-14(18)19)12-4-9(7-15)8-16-17-12/h2-5,8H,6-7,15H2,1H3. The number of benzene rings is 1. The van der Waals surface area contributed by atoms with Gasteiger partial charge in [-0.3, -0.25) is 4.79 Å². The first kappa shape index (κ1) is 11.8. The molecule has 1 aromatic heterocycles. The van der Waals surface area contributed by atoms with E-state index in [4.69, 9.17) is 5.73 Å². The molecule has 2 aromatic rings. The second kappa shape index (κ2) is 4.44. The van der Waals surface area contributed by atoms with E-state index >= 15 is 0 Å². The maximum Gasteiger partial charge on any atom is 0.231 e. The number of nitrogens with two attached hydrogens (primary N) is 1. The van der Waals surface area contributed by atoms with E-state index in [1.807, 2.05) is 24.3 Å². The van der Waals surface area contributed by atoms with Gasteiger partial charge in [0.05, 0.1) is 18.3 Å². The van der Waals surface area contributed by atoms with Crippen LogP contribution in [0.25, 0.3) is 11.3 Å². The number of aromatic nitrogens is 2. The molecule has 0 radical (unpaired) electrons. The first-order valence-corrected chi connectivity index (χ1v) is 6.10. The summed E-state index contributed by atoms with van der Waals surface area (Å²) in [5.41, 5.74) is 10.3. The molecule has 19 heavy (non-hydrogen) atoms. The number of carbonyl (C=O) groups excluding carboxylic acids is 1. The maximum atomic E-state index is 11.7. The van der Waals surface area contributed by atoms with E-state index in [0.29, 0.717) is 13.0 Å². The van der Waals surface area contributed by atoms with Gasteiger partial charge in [0.1, 0.15) is 0 Å². The van der Waals surface area contributed by atoms with Crippen LogP contribution >= 0.6 is 0 Å². The summed E-state index contributed by atoms with van der Waals surface area (Å²) in [5.74, 6) is 0.119. The number of hydrogen-bond acceptors (Lipinski definition) is 4. The van der Waals surface area contributed by atoms with Gasteiger partial charge >= 0.3 is 0 Å². The highest BCUT2D eigenvalue weighted by Crippen LogP contribution is 2.31. The smallest absolute Gasteiger partial charge is 0.231 e. The Kier molecular flexibility index (Phi) is 2.76. The first-order chi connectivity index (χ1) is 9.19. The Labute approximate surface area is 111 Å². The Bertz CT molecular complexity index is 654. The van der Waals surface area contributed by atoms with Crippen LogP contribution in [0.15, 0.2) is 30.5 Å². The van der Waals surface area contributed by atoms with Crippen LogP contribution < -0.4 is 10.6 Å². The molecule has 2 N–H and O–H groups in total. The van der Waals surface area contributed by atoms with Crippen molar-refractivity contribution in [1.82, 2.24) is 10.2 Å². The molecule has 3 rings (SSSR count). The molecule has 0 bridgehead atoms. The molecule has 0 spiro atoms. The third kappa shape index (κ3) is 1.98. The van der Waals surface area contributed by atoms with E-state index in [9.17, 15) is 4.79 Å². The van der Waals surface area contributed by atoms with Crippen LogP contribution in [0.3, 0.4) is 0 Å². The first-order valence-electron chi connectivity index (χ1n) is 6.10. The molecule has 0 aliphatic carbocycles. The number of fused-ring (bicyclic) bond motifs is 1. The third-order valence-corrected chi connectivity index (χ3v) is 3.40. The van der Waals surface area contributed by atoms with Crippen molar-refractivity contribution in [2.24, 2.45) is 5.73 Å². The van der Waals surface area contributed by atoms with Crippen molar-refractivity contribution >= 4 is 11.6 Å². The summed E-state index contributed by atoms with van der Waals surface area (Å²) in [5, 5.41) is 8.06. The van der Waals surface area contributed by atoms with Gasteiger partial charge in [0, 0.05) is 24.8 Å². The normalized spacial score (nSPS) is 13.8. The lowest BCUT2D eigenvalue weighted by Gasteiger charge is -2.10. The second-order valence-electron chi connectivity index (χ2n) is 4.63. The van der Waals surface area contributed by atoms with Gasteiger partial charge < -0.3 is 10.6 Å². The van der Waals surface area contributed by atoms with E-state index in [1.165, 1.54) is 0 Å². The Balaban J connectivity index is 2.03. The van der Waals surface area contributed by atoms with Crippen molar-refractivity contribution in [3.05, 3.63) is 41.6 Å². The number of likely N-dealkylation sites (N-methyl/N-ethyl adjacent to an activating group) is 1. The van der Waals surface area contributed by atoms with Crippen LogP contribution in [0.2, 0.25) is 0 Å². The summed E-state index contributed by atoms with van der Waals surface area (Å²) >= 11 is 0. The Morgan fingerprint density at radius 2 is 2.21 bits per heavy atom. The highest BCUT2D eigenvalue weighted by atomic mass is 16.2. The van der Waals surface area contributed by atoms with Crippen molar-refractivity contribution in [2.45, 2.75) is 13.0 Å². The van der Waals surface area contributed by atoms with E-state index in [1.54, 1.807) is 18.1 Å². The topological polar surface area (TPSA) is 72.1 Å². The van der Waals surface area contributed by atoms with E-state index < -0.39 is 0 Å². The van der Waals surface area contributed by atoms with Gasteiger partial charge in [-0.15, -0.1) is 0 Å². The average molecular weight is 254 g/mol. The third-order valence-electron chi connectivity index (χ3n) is 3.40. The second-order valence-corrected chi connectivity index (χ2v) is 4.63. The van der Waals surface area contributed by atoms with Gasteiger partial charge in [0.25, 0.3) is 0 Å². The van der Waals surface area contributed by atoms with Crippen LogP contribution in [0.1, 0.15) is 11.1 Å². The van der Waals surface area contributed by atoms with Crippen LogP contribution in [0, 0.1) is 0 Å². The molecule has 1 aromatic carbocycles. The zero-order chi connectivity index (χ0) is 13.4. The molecule has 5 nitrogen and oxygen atoms in total. The minimum atomic E-state index is 0.119. The number of rotatable bonds is 2. The molecule has 0 fully saturated rings.